The van der Waals surface area contributed by atoms with Crippen molar-refractivity contribution in [1.29, 1.82) is 0 Å². The van der Waals surface area contributed by atoms with Crippen molar-refractivity contribution in [2.75, 3.05) is 13.1 Å². The van der Waals surface area contributed by atoms with Gasteiger partial charge in [0, 0.05) is 25.6 Å². The summed E-state index contributed by atoms with van der Waals surface area (Å²) >= 11 is 0. The molecule has 0 radical (unpaired) electrons. The molecule has 0 bridgehead atoms. The molecule has 0 aromatic heterocycles. The Morgan fingerprint density at radius 1 is 1.47 bits per heavy atom. The highest BCUT2D eigenvalue weighted by molar-refractivity contribution is 5.80. The minimum Gasteiger partial charge on any atom is -0.409 e. The monoisotopic (exact) mass is 263 g/mol. The first-order chi connectivity index (χ1) is 9.02. The molecule has 2 atom stereocenters. The van der Waals surface area contributed by atoms with Crippen LogP contribution in [0.5, 0.6) is 0 Å². The van der Waals surface area contributed by atoms with Crippen molar-refractivity contribution in [3.05, 3.63) is 35.9 Å². The zero-order chi connectivity index (χ0) is 13.9. The minimum absolute atomic E-state index is 0.0334. The number of aliphatic hydroxyl groups is 1. The summed E-state index contributed by atoms with van der Waals surface area (Å²) in [4.78, 5) is 2.19. The molecule has 5 nitrogen and oxygen atoms in total. The van der Waals surface area contributed by atoms with Gasteiger partial charge in [0.1, 0.15) is 5.84 Å². The van der Waals surface area contributed by atoms with Gasteiger partial charge in [0.2, 0.25) is 0 Å². The highest BCUT2D eigenvalue weighted by Crippen LogP contribution is 2.31. The summed E-state index contributed by atoms with van der Waals surface area (Å²) in [6.45, 7) is 3.26. The van der Waals surface area contributed by atoms with Gasteiger partial charge >= 0.3 is 0 Å². The standard InChI is InChI=1S/C14H21N3O2/c1-14(18)7-8-17(10-14)12(9-13(15)16-19)11-5-3-2-4-6-11/h2-6,12,18-19H,7-10H2,1H3,(H2,15,16). The van der Waals surface area contributed by atoms with Gasteiger partial charge in [-0.05, 0) is 18.9 Å². The Labute approximate surface area is 113 Å². The van der Waals surface area contributed by atoms with Gasteiger partial charge in [0.25, 0.3) is 0 Å². The molecule has 5 heteroatoms. The van der Waals surface area contributed by atoms with Crippen molar-refractivity contribution < 1.29 is 10.3 Å². The molecule has 1 aromatic carbocycles. The third-order valence-corrected chi connectivity index (χ3v) is 3.64. The first-order valence-corrected chi connectivity index (χ1v) is 6.49. The lowest BCUT2D eigenvalue weighted by molar-refractivity contribution is 0.0624. The second-order valence-corrected chi connectivity index (χ2v) is 5.44. The van der Waals surface area contributed by atoms with Crippen molar-refractivity contribution in [3.8, 4) is 0 Å². The lowest BCUT2D eigenvalue weighted by Gasteiger charge is -2.28. The molecule has 1 aliphatic rings. The maximum atomic E-state index is 10.1. The van der Waals surface area contributed by atoms with Gasteiger partial charge in [0.15, 0.2) is 0 Å². The summed E-state index contributed by atoms with van der Waals surface area (Å²) in [7, 11) is 0. The van der Waals surface area contributed by atoms with E-state index in [1.807, 2.05) is 37.3 Å². The van der Waals surface area contributed by atoms with E-state index in [1.165, 1.54) is 0 Å². The first-order valence-electron chi connectivity index (χ1n) is 6.49. The average Bonchev–Trinajstić information content (AvgIpc) is 2.76. The van der Waals surface area contributed by atoms with E-state index in [-0.39, 0.29) is 11.9 Å². The van der Waals surface area contributed by atoms with Crippen LogP contribution in [0, 0.1) is 0 Å². The summed E-state index contributed by atoms with van der Waals surface area (Å²) in [5, 5.41) is 21.9. The van der Waals surface area contributed by atoms with Gasteiger partial charge in [-0.2, -0.15) is 0 Å². The molecule has 1 aliphatic heterocycles. The SMILES string of the molecule is CC1(O)CCN(C(C/C(N)=N/O)c2ccccc2)C1. The van der Waals surface area contributed by atoms with Gasteiger partial charge in [-0.15, -0.1) is 0 Å². The van der Waals surface area contributed by atoms with Crippen molar-refractivity contribution >= 4 is 5.84 Å². The molecule has 0 aliphatic carbocycles. The quantitative estimate of drug-likeness (QED) is 0.331. The predicted octanol–water partition coefficient (Wildman–Crippen LogP) is 1.32. The molecule has 0 spiro atoms. The van der Waals surface area contributed by atoms with E-state index in [9.17, 15) is 5.11 Å². The van der Waals surface area contributed by atoms with E-state index in [4.69, 9.17) is 10.9 Å². The molecular formula is C14H21N3O2. The van der Waals surface area contributed by atoms with Gasteiger partial charge in [-0.25, -0.2) is 0 Å². The molecule has 19 heavy (non-hydrogen) atoms. The fourth-order valence-electron chi connectivity index (χ4n) is 2.62. The van der Waals surface area contributed by atoms with Crippen molar-refractivity contribution in [3.63, 3.8) is 0 Å². The van der Waals surface area contributed by atoms with Gasteiger partial charge in [-0.3, -0.25) is 4.90 Å². The molecule has 2 rings (SSSR count). The number of hydrogen-bond donors (Lipinski definition) is 3. The largest absolute Gasteiger partial charge is 0.409 e. The predicted molar refractivity (Wildman–Crippen MR) is 74.0 cm³/mol. The number of hydrogen-bond acceptors (Lipinski definition) is 4. The van der Waals surface area contributed by atoms with Crippen LogP contribution in [0.3, 0.4) is 0 Å². The van der Waals surface area contributed by atoms with Crippen LogP contribution in [0.2, 0.25) is 0 Å². The molecular weight excluding hydrogens is 242 g/mol. The van der Waals surface area contributed by atoms with Crippen LogP contribution in [0.4, 0.5) is 0 Å². The summed E-state index contributed by atoms with van der Waals surface area (Å²) < 4.78 is 0. The lowest BCUT2D eigenvalue weighted by Crippen LogP contribution is -2.34. The van der Waals surface area contributed by atoms with Crippen molar-refractivity contribution in [1.82, 2.24) is 4.90 Å². The third-order valence-electron chi connectivity index (χ3n) is 3.64. The molecule has 0 saturated carbocycles. The second kappa shape index (κ2) is 5.59. The third kappa shape index (κ3) is 3.45. The lowest BCUT2D eigenvalue weighted by atomic mass is 10.0. The minimum atomic E-state index is -0.655. The number of benzene rings is 1. The molecule has 1 fully saturated rings. The Kier molecular flexibility index (Phi) is 4.07. The number of rotatable bonds is 4. The Morgan fingerprint density at radius 2 is 2.16 bits per heavy atom. The van der Waals surface area contributed by atoms with Gasteiger partial charge < -0.3 is 16.0 Å². The Morgan fingerprint density at radius 3 is 2.68 bits per heavy atom. The van der Waals surface area contributed by atoms with Crippen LogP contribution in [0.1, 0.15) is 31.4 Å². The van der Waals surface area contributed by atoms with Crippen LogP contribution in [-0.4, -0.2) is 39.7 Å². The Bertz CT molecular complexity index is 445. The maximum absolute atomic E-state index is 10.1. The van der Waals surface area contributed by atoms with E-state index in [2.05, 4.69) is 10.1 Å². The summed E-state index contributed by atoms with van der Waals surface area (Å²) in [6, 6.07) is 10.0. The molecule has 104 valence electrons. The van der Waals surface area contributed by atoms with E-state index in [1.54, 1.807) is 0 Å². The van der Waals surface area contributed by atoms with E-state index < -0.39 is 5.60 Å². The highest BCUT2D eigenvalue weighted by Gasteiger charge is 2.35. The molecule has 1 aromatic rings. The van der Waals surface area contributed by atoms with Crippen LogP contribution >= 0.6 is 0 Å². The molecule has 1 heterocycles. The Hall–Kier alpha value is -1.59. The first kappa shape index (κ1) is 13.8. The number of β-amino-alcohol motifs (C(OH)–C–C–N with tert-alkyl or cyclic N) is 1. The molecule has 0 amide bonds. The number of nitrogens with two attached hydrogens (primary N) is 1. The normalized spacial score (nSPS) is 26.5. The van der Waals surface area contributed by atoms with Crippen LogP contribution in [0.25, 0.3) is 0 Å². The van der Waals surface area contributed by atoms with E-state index in [0.717, 1.165) is 18.5 Å². The zero-order valence-electron chi connectivity index (χ0n) is 11.2. The highest BCUT2D eigenvalue weighted by atomic mass is 16.4. The van der Waals surface area contributed by atoms with Crippen LogP contribution < -0.4 is 5.73 Å². The molecule has 1 saturated heterocycles. The van der Waals surface area contributed by atoms with Gasteiger partial charge in [0.05, 0.1) is 5.60 Å². The van der Waals surface area contributed by atoms with Gasteiger partial charge in [-0.1, -0.05) is 35.5 Å². The molecule has 4 N–H and O–H groups in total. The van der Waals surface area contributed by atoms with E-state index >= 15 is 0 Å². The second-order valence-electron chi connectivity index (χ2n) is 5.44. The molecule has 2 unspecified atom stereocenters. The number of amidine groups is 1. The Balaban J connectivity index is 2.20. The zero-order valence-corrected chi connectivity index (χ0v) is 11.2. The average molecular weight is 263 g/mol. The number of likely N-dealkylation sites (tertiary alicyclic amines) is 1. The number of nitrogens with zero attached hydrogens (tertiary/aromatic N) is 2. The summed E-state index contributed by atoms with van der Waals surface area (Å²) in [5.74, 6) is 0.209. The van der Waals surface area contributed by atoms with Crippen LogP contribution in [-0.2, 0) is 0 Å². The maximum Gasteiger partial charge on any atom is 0.141 e. The van der Waals surface area contributed by atoms with Crippen molar-refractivity contribution in [2.24, 2.45) is 10.9 Å². The summed E-state index contributed by atoms with van der Waals surface area (Å²) in [6.07, 6.45) is 1.20. The van der Waals surface area contributed by atoms with Crippen LogP contribution in [0.15, 0.2) is 35.5 Å². The topological polar surface area (TPSA) is 82.1 Å². The summed E-state index contributed by atoms with van der Waals surface area (Å²) in [5.41, 5.74) is 6.12. The fourth-order valence-corrected chi connectivity index (χ4v) is 2.62. The smallest absolute Gasteiger partial charge is 0.141 e. The van der Waals surface area contributed by atoms with Crippen molar-refractivity contribution in [2.45, 2.75) is 31.4 Å². The van der Waals surface area contributed by atoms with E-state index in [0.29, 0.717) is 13.0 Å². The fraction of sp³-hybridized carbons (Fsp3) is 0.500. The number of oxime groups is 1.